The lowest BCUT2D eigenvalue weighted by Crippen LogP contribution is -2.51. The standard InChI is InChI=1S/C69H77N3O9/c1-78-42-70-65-33-46-18-16-43(14-15-44-17-21-62(75)48(26-44)27-45-9-6-10-54(74)28-45)8-7-11-55-34-63(76)47-19-20-56-57(31-47)50(38-73)32-64(77)66(56)81-39-51-30-52(29-49-36-72(37-58(49)51)67(71-65)59(46)41-80-55)69-24-25-79-40-53(69)35-68(22-4-5-23-68)60-12-2-3-13-61(60)69/h2-3,6,9-10,12-13,17,21,26,28-30,32-33,36-37,43,47,53,55,63,65,70-71,73-77H,4-5,7-8,11,14-15,19-20,22-25,27,31,34-35,38-42H2,1H3. The molecular formula is C69H77N3O9. The van der Waals surface area contributed by atoms with E-state index in [1.807, 2.05) is 18.2 Å². The molecule has 12 nitrogen and oxygen atoms in total. The highest BCUT2D eigenvalue weighted by molar-refractivity contribution is 5.89. The fourth-order valence-corrected chi connectivity index (χ4v) is 15.6. The third-order valence-electron chi connectivity index (χ3n) is 19.7. The second-order valence-corrected chi connectivity index (χ2v) is 24.5. The number of phenolic OH excluding ortho intramolecular Hbond substituents is 3. The SMILES string of the molecule is COCNC1C=C2C#CC(CCc3ccc(O)c(Cc4cccc(O)c4)c3)CCCC3CC(O)C4CCc5c(c(CO)cc(O)c5OCc5cc(C67CCOCC6CC6(CCCC6)c6ccccc67)cc6cn(cc56)C(=C2CO3)N1)C4. The Kier molecular flexibility index (Phi) is 15.0. The van der Waals surface area contributed by atoms with Gasteiger partial charge in [0.15, 0.2) is 11.5 Å². The van der Waals surface area contributed by atoms with Crippen molar-refractivity contribution in [3.8, 4) is 34.8 Å². The molecule has 6 aromatic rings. The van der Waals surface area contributed by atoms with Crippen molar-refractivity contribution in [2.24, 2.45) is 17.8 Å². The van der Waals surface area contributed by atoms with Gasteiger partial charge in [0.1, 0.15) is 30.1 Å². The van der Waals surface area contributed by atoms with Gasteiger partial charge in [-0.1, -0.05) is 79.3 Å². The van der Waals surface area contributed by atoms with Crippen LogP contribution >= 0.6 is 0 Å². The number of fused-ring (bicyclic) bond motifs is 7. The third kappa shape index (κ3) is 10.3. The number of dihydropyridines is 1. The molecule has 1 aromatic heterocycles. The second-order valence-electron chi connectivity index (χ2n) is 24.5. The van der Waals surface area contributed by atoms with Crippen LogP contribution in [0.2, 0.25) is 0 Å². The summed E-state index contributed by atoms with van der Waals surface area (Å²) in [6.45, 7) is 1.92. The number of aromatic hydroxyl groups is 3. The van der Waals surface area contributed by atoms with Gasteiger partial charge in [-0.3, -0.25) is 5.32 Å². The number of methoxy groups -OCH3 is 1. The molecule has 1 saturated carbocycles. The Labute approximate surface area is 475 Å². The fourth-order valence-electron chi connectivity index (χ4n) is 15.6. The van der Waals surface area contributed by atoms with E-state index < -0.39 is 6.10 Å². The molecule has 422 valence electrons. The van der Waals surface area contributed by atoms with E-state index in [4.69, 9.17) is 18.9 Å². The van der Waals surface area contributed by atoms with Crippen LogP contribution in [0.5, 0.6) is 23.0 Å². The van der Waals surface area contributed by atoms with E-state index in [1.54, 1.807) is 31.4 Å². The van der Waals surface area contributed by atoms with E-state index in [-0.39, 0.29) is 77.9 Å². The molecule has 7 atom stereocenters. The molecule has 7 N–H and O–H groups in total. The first-order valence-electron chi connectivity index (χ1n) is 29.9. The maximum atomic E-state index is 12.3. The number of ether oxygens (including phenoxy) is 4. The van der Waals surface area contributed by atoms with Crippen LogP contribution in [0.3, 0.4) is 0 Å². The monoisotopic (exact) mass is 1090 g/mol. The van der Waals surface area contributed by atoms with Gasteiger partial charge in [-0.15, -0.1) is 0 Å². The Morgan fingerprint density at radius 3 is 2.58 bits per heavy atom. The summed E-state index contributed by atoms with van der Waals surface area (Å²) in [5, 5.41) is 65.5. The third-order valence-corrected chi connectivity index (χ3v) is 19.7. The largest absolute Gasteiger partial charge is 0.508 e. The molecule has 6 heterocycles. The summed E-state index contributed by atoms with van der Waals surface area (Å²) >= 11 is 0. The summed E-state index contributed by atoms with van der Waals surface area (Å²) < 4.78 is 28.4. The lowest BCUT2D eigenvalue weighted by atomic mass is 9.51. The van der Waals surface area contributed by atoms with Crippen molar-refractivity contribution in [3.63, 3.8) is 0 Å². The lowest BCUT2D eigenvalue weighted by Gasteiger charge is -2.54. The zero-order valence-electron chi connectivity index (χ0n) is 46.7. The molecule has 14 rings (SSSR count). The molecule has 0 amide bonds. The van der Waals surface area contributed by atoms with Gasteiger partial charge in [-0.25, -0.2) is 0 Å². The van der Waals surface area contributed by atoms with Crippen molar-refractivity contribution in [1.29, 1.82) is 0 Å². The van der Waals surface area contributed by atoms with Gasteiger partial charge in [-0.2, -0.15) is 0 Å². The van der Waals surface area contributed by atoms with Gasteiger partial charge in [0.2, 0.25) is 0 Å². The minimum Gasteiger partial charge on any atom is -0.508 e. The average Bonchev–Trinajstić information content (AvgIpc) is 4.26. The first-order valence-corrected chi connectivity index (χ1v) is 29.9. The van der Waals surface area contributed by atoms with Gasteiger partial charge in [-0.05, 0) is 187 Å². The maximum Gasteiger partial charge on any atom is 0.164 e. The highest BCUT2D eigenvalue weighted by Crippen LogP contribution is 2.60. The van der Waals surface area contributed by atoms with Crippen molar-refractivity contribution in [2.75, 3.05) is 33.7 Å². The number of nitrogens with zero attached hydrogens (tertiary/aromatic N) is 1. The minimum atomic E-state index is -0.674. The number of rotatable bonds is 10. The number of benzene rings is 5. The summed E-state index contributed by atoms with van der Waals surface area (Å²) in [4.78, 5) is 0. The highest BCUT2D eigenvalue weighted by atomic mass is 16.5. The molecule has 1 saturated heterocycles. The molecule has 12 heteroatoms. The van der Waals surface area contributed by atoms with E-state index in [9.17, 15) is 25.5 Å². The zero-order chi connectivity index (χ0) is 55.2. The molecule has 3 aliphatic carbocycles. The Balaban J connectivity index is 0.944. The van der Waals surface area contributed by atoms with Gasteiger partial charge in [0.05, 0.1) is 38.8 Å². The van der Waals surface area contributed by atoms with Crippen LogP contribution in [0.25, 0.3) is 16.6 Å². The smallest absolute Gasteiger partial charge is 0.164 e. The van der Waals surface area contributed by atoms with Crippen LogP contribution in [-0.2, 0) is 63.9 Å². The van der Waals surface area contributed by atoms with Crippen LogP contribution in [0, 0.1) is 29.6 Å². The molecule has 1 spiro atoms. The van der Waals surface area contributed by atoms with Crippen LogP contribution < -0.4 is 15.4 Å². The molecular weight excluding hydrogens is 1010 g/mol. The van der Waals surface area contributed by atoms with Crippen LogP contribution in [0.15, 0.2) is 115 Å². The van der Waals surface area contributed by atoms with E-state index in [0.29, 0.717) is 63.4 Å². The van der Waals surface area contributed by atoms with Crippen LogP contribution in [0.4, 0.5) is 0 Å². The van der Waals surface area contributed by atoms with Crippen molar-refractivity contribution in [3.05, 3.63) is 170 Å². The molecule has 7 unspecified atom stereocenters. The number of hydrogen-bond acceptors (Lipinski definition) is 11. The normalized spacial score (nSPS) is 25.9. The van der Waals surface area contributed by atoms with E-state index >= 15 is 0 Å². The number of hydrogen-bond donors (Lipinski definition) is 7. The maximum absolute atomic E-state index is 12.3. The Bertz CT molecular complexity index is 3470. The van der Waals surface area contributed by atoms with Crippen LogP contribution in [-0.4, -0.2) is 82.1 Å². The van der Waals surface area contributed by atoms with E-state index in [1.165, 1.54) is 42.4 Å². The van der Waals surface area contributed by atoms with E-state index in [2.05, 4.69) is 88.0 Å². The predicted molar refractivity (Wildman–Crippen MR) is 313 cm³/mol. The number of aryl methyl sites for hydroxylation is 1. The minimum absolute atomic E-state index is 0.0219. The lowest BCUT2D eigenvalue weighted by molar-refractivity contribution is -0.00873. The second kappa shape index (κ2) is 22.6. The van der Waals surface area contributed by atoms with Crippen LogP contribution in [0.1, 0.15) is 133 Å². The number of aliphatic hydroxyl groups is 2. The van der Waals surface area contributed by atoms with Gasteiger partial charge >= 0.3 is 0 Å². The van der Waals surface area contributed by atoms with Crippen molar-refractivity contribution in [2.45, 2.75) is 145 Å². The molecule has 81 heavy (non-hydrogen) atoms. The Morgan fingerprint density at radius 1 is 0.852 bits per heavy atom. The van der Waals surface area contributed by atoms with E-state index in [0.717, 1.165) is 106 Å². The quantitative estimate of drug-likeness (QED) is 0.0515. The number of aliphatic hydroxyl groups excluding tert-OH is 2. The van der Waals surface area contributed by atoms with Crippen molar-refractivity contribution in [1.82, 2.24) is 15.2 Å². The fraction of sp³-hybridized carbons (Fsp3) is 0.449. The first kappa shape index (κ1) is 53.7. The topological polar surface area (TPSA) is 167 Å². The summed E-state index contributed by atoms with van der Waals surface area (Å²) in [7, 11) is 1.68. The predicted octanol–water partition coefficient (Wildman–Crippen LogP) is 10.9. The number of nitrogens with one attached hydrogen (secondary N) is 2. The highest BCUT2D eigenvalue weighted by Gasteiger charge is 2.55. The molecule has 8 aliphatic rings. The summed E-state index contributed by atoms with van der Waals surface area (Å²) in [6, 6.07) is 28.8. The number of aromatic nitrogens is 1. The Hall–Kier alpha value is -6.56. The summed E-state index contributed by atoms with van der Waals surface area (Å²) in [5.41, 5.74) is 12.3. The van der Waals surface area contributed by atoms with Crippen molar-refractivity contribution >= 4 is 16.6 Å². The zero-order valence-corrected chi connectivity index (χ0v) is 46.7. The summed E-state index contributed by atoms with van der Waals surface area (Å²) in [5.74, 6) is 9.51. The number of phenols is 3. The van der Waals surface area contributed by atoms with Gasteiger partial charge in [0.25, 0.3) is 0 Å². The average molecular weight is 1090 g/mol. The molecule has 0 radical (unpaired) electrons. The first-order chi connectivity index (χ1) is 39.6. The van der Waals surface area contributed by atoms with Gasteiger partial charge in [0, 0.05) is 71.3 Å². The summed E-state index contributed by atoms with van der Waals surface area (Å²) in [6.07, 6.45) is 19.0. The molecule has 8 bridgehead atoms. The van der Waals surface area contributed by atoms with Gasteiger partial charge < -0.3 is 54.4 Å². The molecule has 5 aliphatic heterocycles. The van der Waals surface area contributed by atoms with Crippen molar-refractivity contribution < 1.29 is 44.5 Å². The molecule has 2 fully saturated rings. The molecule has 5 aromatic carbocycles. The Morgan fingerprint density at radius 2 is 1.73 bits per heavy atom.